The summed E-state index contributed by atoms with van der Waals surface area (Å²) in [6.07, 6.45) is 0.969. The third-order valence-corrected chi connectivity index (χ3v) is 5.40. The van der Waals surface area contributed by atoms with Crippen molar-refractivity contribution in [3.63, 3.8) is 0 Å². The number of nitrogens with zero attached hydrogens (tertiary/aromatic N) is 1. The number of likely N-dealkylation sites (N-methyl/N-ethyl adjacent to an activating group) is 1. The number of nitrogens with one attached hydrogen (secondary N) is 1. The highest BCUT2D eigenvalue weighted by atomic mass is 16.5. The first kappa shape index (κ1) is 21.6. The van der Waals surface area contributed by atoms with Crippen molar-refractivity contribution in [2.45, 2.75) is 25.8 Å². The maximum Gasteiger partial charge on any atom is 0.292 e. The first-order valence-electron chi connectivity index (χ1n) is 10.1. The van der Waals surface area contributed by atoms with Gasteiger partial charge in [0, 0.05) is 6.42 Å². The minimum absolute atomic E-state index is 0.158. The Bertz CT molecular complexity index is 897. The molecule has 1 saturated heterocycles. The Morgan fingerprint density at radius 3 is 2.37 bits per heavy atom. The Kier molecular flexibility index (Phi) is 6.95. The fourth-order valence-electron chi connectivity index (χ4n) is 3.70. The van der Waals surface area contributed by atoms with Gasteiger partial charge in [0.1, 0.15) is 5.75 Å². The summed E-state index contributed by atoms with van der Waals surface area (Å²) < 4.78 is 16.1. The summed E-state index contributed by atoms with van der Waals surface area (Å²) in [5.74, 6) is 1.76. The highest BCUT2D eigenvalue weighted by Gasteiger charge is 2.44. The summed E-state index contributed by atoms with van der Waals surface area (Å²) in [6.45, 7) is 3.19. The predicted molar refractivity (Wildman–Crippen MR) is 114 cm³/mol. The summed E-state index contributed by atoms with van der Waals surface area (Å²) in [6, 6.07) is 12.5. The maximum absolute atomic E-state index is 13.0. The topological polar surface area (TPSA) is 69.5 Å². The summed E-state index contributed by atoms with van der Waals surface area (Å²) in [5.41, 5.74) is 1.68. The van der Waals surface area contributed by atoms with Crippen LogP contribution < -0.4 is 24.0 Å². The monoisotopic (exact) mass is 413 g/mol. The maximum atomic E-state index is 13.0. The minimum Gasteiger partial charge on any atom is -0.494 e. The summed E-state index contributed by atoms with van der Waals surface area (Å²) in [7, 11) is 5.17. The molecule has 0 radical (unpaired) electrons. The van der Waals surface area contributed by atoms with E-state index in [1.165, 1.54) is 4.90 Å². The minimum atomic E-state index is -0.385. The van der Waals surface area contributed by atoms with Crippen molar-refractivity contribution in [2.24, 2.45) is 0 Å². The van der Waals surface area contributed by atoms with E-state index in [2.05, 4.69) is 0 Å². The molecule has 2 aromatic rings. The van der Waals surface area contributed by atoms with Crippen molar-refractivity contribution in [3.8, 4) is 17.2 Å². The molecule has 7 nitrogen and oxygen atoms in total. The van der Waals surface area contributed by atoms with Crippen LogP contribution in [-0.4, -0.2) is 52.3 Å². The number of amides is 2. The average Bonchev–Trinajstić information content (AvgIpc) is 3.06. The molecule has 2 atom stereocenters. The second-order valence-corrected chi connectivity index (χ2v) is 7.29. The highest BCUT2D eigenvalue weighted by molar-refractivity contribution is 6.21. The highest BCUT2D eigenvalue weighted by Crippen LogP contribution is 2.28. The Balaban J connectivity index is 1.65. The van der Waals surface area contributed by atoms with Crippen molar-refractivity contribution in [1.82, 2.24) is 0 Å². The van der Waals surface area contributed by atoms with Gasteiger partial charge in [-0.3, -0.25) is 9.59 Å². The molecule has 2 aromatic carbocycles. The molecule has 7 heteroatoms. The third-order valence-electron chi connectivity index (χ3n) is 5.40. The van der Waals surface area contributed by atoms with Crippen molar-refractivity contribution in [2.75, 3.05) is 39.3 Å². The number of carbonyl (C=O) groups excluding carboxylic acids is 2. The van der Waals surface area contributed by atoms with Crippen molar-refractivity contribution < 1.29 is 28.7 Å². The van der Waals surface area contributed by atoms with Crippen LogP contribution >= 0.6 is 0 Å². The van der Waals surface area contributed by atoms with Crippen LogP contribution in [0.15, 0.2) is 42.5 Å². The summed E-state index contributed by atoms with van der Waals surface area (Å²) in [4.78, 5) is 27.9. The third kappa shape index (κ3) is 4.57. The lowest BCUT2D eigenvalue weighted by molar-refractivity contribution is -0.894. The molecular formula is C23H29N2O5+. The van der Waals surface area contributed by atoms with Gasteiger partial charge in [0.25, 0.3) is 5.91 Å². The smallest absolute Gasteiger partial charge is 0.292 e. The number of rotatable bonds is 9. The van der Waals surface area contributed by atoms with Crippen LogP contribution in [0.5, 0.6) is 17.2 Å². The molecule has 0 aromatic heterocycles. The van der Waals surface area contributed by atoms with Gasteiger partial charge < -0.3 is 19.1 Å². The molecule has 1 N–H and O–H groups in total. The number of ether oxygens (including phenoxy) is 3. The first-order chi connectivity index (χ1) is 14.5. The van der Waals surface area contributed by atoms with Crippen LogP contribution in [0, 0.1) is 0 Å². The Morgan fingerprint density at radius 1 is 1.03 bits per heavy atom. The fourth-order valence-corrected chi connectivity index (χ4v) is 3.70. The Labute approximate surface area is 177 Å². The van der Waals surface area contributed by atoms with E-state index in [-0.39, 0.29) is 24.3 Å². The second-order valence-electron chi connectivity index (χ2n) is 7.29. The van der Waals surface area contributed by atoms with Gasteiger partial charge in [-0.15, -0.1) is 0 Å². The molecule has 1 aliphatic heterocycles. The van der Waals surface area contributed by atoms with Crippen molar-refractivity contribution >= 4 is 17.5 Å². The summed E-state index contributed by atoms with van der Waals surface area (Å²) >= 11 is 0. The number of quaternary nitrogens is 1. The van der Waals surface area contributed by atoms with E-state index < -0.39 is 0 Å². The number of methoxy groups -OCH3 is 2. The van der Waals surface area contributed by atoms with Gasteiger partial charge in [0.15, 0.2) is 17.5 Å². The second kappa shape index (κ2) is 9.63. The fraction of sp³-hybridized carbons (Fsp3) is 0.391. The number of imide groups is 1. The van der Waals surface area contributed by atoms with Crippen LogP contribution in [0.2, 0.25) is 0 Å². The summed E-state index contributed by atoms with van der Waals surface area (Å²) in [5, 5.41) is 0. The number of anilines is 1. The number of carbonyl (C=O) groups is 2. The van der Waals surface area contributed by atoms with Crippen LogP contribution in [0.4, 0.5) is 5.69 Å². The van der Waals surface area contributed by atoms with E-state index in [0.717, 1.165) is 29.2 Å². The zero-order valence-electron chi connectivity index (χ0n) is 17.9. The van der Waals surface area contributed by atoms with Gasteiger partial charge in [-0.2, -0.15) is 0 Å². The molecule has 1 aliphatic rings. The van der Waals surface area contributed by atoms with Gasteiger partial charge in [0.05, 0.1) is 46.5 Å². The molecule has 0 spiro atoms. The lowest BCUT2D eigenvalue weighted by Crippen LogP contribution is -3.14. The predicted octanol–water partition coefficient (Wildman–Crippen LogP) is 1.49. The standard InChI is InChI=1S/C23H28N2O5/c1-5-30-18-9-7-17(8-10-18)25-22(26)15-19(23(25)27)24(2)13-12-16-6-11-20(28-3)21(14-16)29-4/h6-11,14,19H,5,12-13,15H2,1-4H3/p+1/t19-/m0/s1. The van der Waals surface area contributed by atoms with E-state index in [1.807, 2.05) is 32.2 Å². The number of benzene rings is 2. The molecular weight excluding hydrogens is 384 g/mol. The zero-order valence-corrected chi connectivity index (χ0v) is 17.9. The number of hydrogen-bond acceptors (Lipinski definition) is 5. The Hall–Kier alpha value is -3.06. The molecule has 1 heterocycles. The SMILES string of the molecule is CCOc1ccc(N2C(=O)C[C@H]([NH+](C)CCc3ccc(OC)c(OC)c3)C2=O)cc1. The lowest BCUT2D eigenvalue weighted by atomic mass is 10.1. The lowest BCUT2D eigenvalue weighted by Gasteiger charge is -2.20. The molecule has 2 amide bonds. The molecule has 30 heavy (non-hydrogen) atoms. The molecule has 1 unspecified atom stereocenters. The van der Waals surface area contributed by atoms with Crippen LogP contribution in [0.1, 0.15) is 18.9 Å². The van der Waals surface area contributed by atoms with Gasteiger partial charge in [-0.1, -0.05) is 6.07 Å². The molecule has 0 bridgehead atoms. The van der Waals surface area contributed by atoms with Crippen molar-refractivity contribution in [1.29, 1.82) is 0 Å². The van der Waals surface area contributed by atoms with Crippen LogP contribution in [0.25, 0.3) is 0 Å². The van der Waals surface area contributed by atoms with Gasteiger partial charge in [0.2, 0.25) is 5.91 Å². The van der Waals surface area contributed by atoms with E-state index in [0.29, 0.717) is 23.8 Å². The van der Waals surface area contributed by atoms with Gasteiger partial charge >= 0.3 is 0 Å². The van der Waals surface area contributed by atoms with Gasteiger partial charge in [-0.05, 0) is 48.9 Å². The van der Waals surface area contributed by atoms with Crippen LogP contribution in [-0.2, 0) is 16.0 Å². The van der Waals surface area contributed by atoms with E-state index >= 15 is 0 Å². The van der Waals surface area contributed by atoms with Crippen molar-refractivity contribution in [3.05, 3.63) is 48.0 Å². The molecule has 160 valence electrons. The van der Waals surface area contributed by atoms with E-state index in [9.17, 15) is 9.59 Å². The molecule has 1 fully saturated rings. The Morgan fingerprint density at radius 2 is 1.73 bits per heavy atom. The van der Waals surface area contributed by atoms with Crippen LogP contribution in [0.3, 0.4) is 0 Å². The van der Waals surface area contributed by atoms with Gasteiger partial charge in [-0.25, -0.2) is 4.90 Å². The number of hydrogen-bond donors (Lipinski definition) is 1. The quantitative estimate of drug-likeness (QED) is 0.631. The zero-order chi connectivity index (χ0) is 21.7. The van der Waals surface area contributed by atoms with E-state index in [4.69, 9.17) is 14.2 Å². The molecule has 0 aliphatic carbocycles. The first-order valence-corrected chi connectivity index (χ1v) is 10.1. The van der Waals surface area contributed by atoms with E-state index in [1.54, 1.807) is 38.5 Å². The molecule has 3 rings (SSSR count). The largest absolute Gasteiger partial charge is 0.494 e. The normalized spacial score (nSPS) is 17.2. The molecule has 0 saturated carbocycles. The average molecular weight is 413 g/mol.